The van der Waals surface area contributed by atoms with Crippen LogP contribution in [0.25, 0.3) is 0 Å². The Labute approximate surface area is 154 Å². The van der Waals surface area contributed by atoms with Gasteiger partial charge in [0, 0.05) is 24.7 Å². The van der Waals surface area contributed by atoms with E-state index >= 15 is 0 Å². The monoisotopic (exact) mass is 398 g/mol. The van der Waals surface area contributed by atoms with Crippen molar-refractivity contribution in [3.05, 3.63) is 23.2 Å². The Balaban J connectivity index is 0.00000288. The minimum atomic E-state index is -3.77. The summed E-state index contributed by atoms with van der Waals surface area (Å²) in [5.74, 6) is 0.559. The van der Waals surface area contributed by atoms with Crippen LogP contribution in [0.1, 0.15) is 19.8 Å². The molecule has 1 aromatic rings. The summed E-state index contributed by atoms with van der Waals surface area (Å²) in [7, 11) is -2.21. The number of ether oxygens (including phenoxy) is 2. The van der Waals surface area contributed by atoms with Gasteiger partial charge >= 0.3 is 0 Å². The maximum absolute atomic E-state index is 12.7. The first-order chi connectivity index (χ1) is 10.9. The van der Waals surface area contributed by atoms with Gasteiger partial charge in [-0.05, 0) is 43.9 Å². The zero-order valence-electron chi connectivity index (χ0n) is 13.7. The molecule has 2 atom stereocenters. The molecule has 3 N–H and O–H groups in total. The SMILES string of the molecule is COCC(C)Oc1ccc(Cl)cc1S(=O)(=O)NC(CN)C1CC1.Cl. The molecule has 0 bridgehead atoms. The Kier molecular flexibility index (Phi) is 8.25. The van der Waals surface area contributed by atoms with Crippen molar-refractivity contribution in [2.45, 2.75) is 36.8 Å². The van der Waals surface area contributed by atoms with Gasteiger partial charge in [0.25, 0.3) is 0 Å². The van der Waals surface area contributed by atoms with Crippen molar-refractivity contribution in [2.75, 3.05) is 20.3 Å². The van der Waals surface area contributed by atoms with Gasteiger partial charge in [-0.3, -0.25) is 0 Å². The predicted molar refractivity (Wildman–Crippen MR) is 96.6 cm³/mol. The van der Waals surface area contributed by atoms with Crippen LogP contribution in [0.3, 0.4) is 0 Å². The number of benzene rings is 1. The predicted octanol–water partition coefficient (Wildman–Crippen LogP) is 2.19. The molecule has 0 heterocycles. The van der Waals surface area contributed by atoms with E-state index in [1.165, 1.54) is 6.07 Å². The first-order valence-corrected chi connectivity index (χ1v) is 9.41. The Morgan fingerprint density at radius 2 is 2.08 bits per heavy atom. The lowest BCUT2D eigenvalue weighted by molar-refractivity contribution is 0.0901. The van der Waals surface area contributed by atoms with Crippen molar-refractivity contribution < 1.29 is 17.9 Å². The highest BCUT2D eigenvalue weighted by molar-refractivity contribution is 7.89. The van der Waals surface area contributed by atoms with Gasteiger partial charge in [0.1, 0.15) is 16.7 Å². The number of nitrogens with two attached hydrogens (primary N) is 1. The average molecular weight is 399 g/mol. The number of hydrogen-bond acceptors (Lipinski definition) is 5. The molecular formula is C15H24Cl2N2O4S. The van der Waals surface area contributed by atoms with Gasteiger partial charge in [-0.1, -0.05) is 11.6 Å². The van der Waals surface area contributed by atoms with Gasteiger partial charge < -0.3 is 15.2 Å². The topological polar surface area (TPSA) is 90.6 Å². The molecule has 138 valence electrons. The molecule has 2 rings (SSSR count). The first kappa shape index (κ1) is 21.5. The largest absolute Gasteiger partial charge is 0.487 e. The summed E-state index contributed by atoms with van der Waals surface area (Å²) in [6.07, 6.45) is 1.70. The summed E-state index contributed by atoms with van der Waals surface area (Å²) in [4.78, 5) is 0.0204. The highest BCUT2D eigenvalue weighted by Crippen LogP contribution is 2.34. The molecule has 1 saturated carbocycles. The second kappa shape index (κ2) is 9.22. The second-order valence-corrected chi connectivity index (χ2v) is 7.89. The minimum Gasteiger partial charge on any atom is -0.487 e. The van der Waals surface area contributed by atoms with Crippen LogP contribution < -0.4 is 15.2 Å². The quantitative estimate of drug-likeness (QED) is 0.664. The van der Waals surface area contributed by atoms with Crippen LogP contribution >= 0.6 is 24.0 Å². The lowest BCUT2D eigenvalue weighted by Gasteiger charge is -2.20. The van der Waals surface area contributed by atoms with Gasteiger partial charge in [-0.2, -0.15) is 0 Å². The van der Waals surface area contributed by atoms with Gasteiger partial charge in [-0.15, -0.1) is 12.4 Å². The summed E-state index contributed by atoms with van der Waals surface area (Å²) in [5.41, 5.74) is 5.69. The maximum Gasteiger partial charge on any atom is 0.244 e. The van der Waals surface area contributed by atoms with Crippen LogP contribution in [-0.2, 0) is 14.8 Å². The van der Waals surface area contributed by atoms with Gasteiger partial charge in [0.05, 0.1) is 6.61 Å². The molecule has 1 aromatic carbocycles. The summed E-state index contributed by atoms with van der Waals surface area (Å²) in [5, 5.41) is 0.327. The third-order valence-electron chi connectivity index (χ3n) is 3.68. The highest BCUT2D eigenvalue weighted by Gasteiger charge is 2.34. The molecule has 1 aliphatic rings. The molecule has 6 nitrogen and oxygen atoms in total. The van der Waals surface area contributed by atoms with E-state index in [1.807, 2.05) is 0 Å². The van der Waals surface area contributed by atoms with E-state index in [1.54, 1.807) is 26.2 Å². The summed E-state index contributed by atoms with van der Waals surface area (Å²) in [6, 6.07) is 4.27. The van der Waals surface area contributed by atoms with Crippen molar-refractivity contribution in [1.29, 1.82) is 0 Å². The fourth-order valence-corrected chi connectivity index (χ4v) is 4.09. The normalized spacial score (nSPS) is 17.0. The van der Waals surface area contributed by atoms with Crippen LogP contribution in [0, 0.1) is 5.92 Å². The Morgan fingerprint density at radius 3 is 2.62 bits per heavy atom. The van der Waals surface area contributed by atoms with E-state index in [0.29, 0.717) is 17.5 Å². The van der Waals surface area contributed by atoms with Crippen LogP contribution in [0.4, 0.5) is 0 Å². The van der Waals surface area contributed by atoms with Gasteiger partial charge in [0.15, 0.2) is 0 Å². The summed E-state index contributed by atoms with van der Waals surface area (Å²) in [6.45, 7) is 2.42. The number of halogens is 2. The Morgan fingerprint density at radius 1 is 1.42 bits per heavy atom. The van der Waals surface area contributed by atoms with E-state index in [4.69, 9.17) is 26.8 Å². The highest BCUT2D eigenvalue weighted by atomic mass is 35.5. The third kappa shape index (κ3) is 5.75. The molecule has 0 aromatic heterocycles. The Hall–Kier alpha value is -0.570. The smallest absolute Gasteiger partial charge is 0.244 e. The number of sulfonamides is 1. The van der Waals surface area contributed by atoms with Crippen LogP contribution in [0.2, 0.25) is 5.02 Å². The number of hydrogen-bond donors (Lipinski definition) is 2. The van der Waals surface area contributed by atoms with Crippen molar-refractivity contribution >= 4 is 34.0 Å². The fourth-order valence-electron chi connectivity index (χ4n) is 2.37. The molecule has 0 radical (unpaired) electrons. The molecule has 2 unspecified atom stereocenters. The fraction of sp³-hybridized carbons (Fsp3) is 0.600. The molecule has 24 heavy (non-hydrogen) atoms. The van der Waals surface area contributed by atoms with E-state index in [-0.39, 0.29) is 41.7 Å². The van der Waals surface area contributed by atoms with E-state index in [2.05, 4.69) is 4.72 Å². The summed E-state index contributed by atoms with van der Waals surface area (Å²) >= 11 is 5.97. The molecule has 0 aliphatic heterocycles. The maximum atomic E-state index is 12.7. The molecule has 0 spiro atoms. The Bertz CT molecular complexity index is 638. The molecule has 0 saturated heterocycles. The summed E-state index contributed by atoms with van der Waals surface area (Å²) < 4.78 is 38.8. The van der Waals surface area contributed by atoms with Crippen LogP contribution in [0.5, 0.6) is 5.75 Å². The number of nitrogens with one attached hydrogen (secondary N) is 1. The van der Waals surface area contributed by atoms with Gasteiger partial charge in [0.2, 0.25) is 10.0 Å². The zero-order valence-corrected chi connectivity index (χ0v) is 16.1. The molecule has 0 amide bonds. The van der Waals surface area contributed by atoms with E-state index in [9.17, 15) is 8.42 Å². The first-order valence-electron chi connectivity index (χ1n) is 7.55. The van der Waals surface area contributed by atoms with Gasteiger partial charge in [-0.25, -0.2) is 13.1 Å². The lowest BCUT2D eigenvalue weighted by atomic mass is 10.2. The molecular weight excluding hydrogens is 375 g/mol. The van der Waals surface area contributed by atoms with Crippen molar-refractivity contribution in [2.24, 2.45) is 11.7 Å². The third-order valence-corrected chi connectivity index (χ3v) is 5.42. The second-order valence-electron chi connectivity index (χ2n) is 5.78. The minimum absolute atomic E-state index is 0. The molecule has 9 heteroatoms. The lowest BCUT2D eigenvalue weighted by Crippen LogP contribution is -2.41. The molecule has 1 aliphatic carbocycles. The van der Waals surface area contributed by atoms with E-state index in [0.717, 1.165) is 12.8 Å². The average Bonchev–Trinajstić information content (AvgIpc) is 3.31. The number of rotatable bonds is 9. The van der Waals surface area contributed by atoms with Crippen molar-refractivity contribution in [3.63, 3.8) is 0 Å². The zero-order chi connectivity index (χ0) is 17.0. The van der Waals surface area contributed by atoms with Crippen LogP contribution in [0.15, 0.2) is 23.1 Å². The standard InChI is InChI=1S/C15H23ClN2O4S.ClH/c1-10(9-21-2)22-14-6-5-12(16)7-15(14)23(19,20)18-13(8-17)11-3-4-11;/h5-7,10-11,13,18H,3-4,8-9,17H2,1-2H3;1H. The number of methoxy groups -OCH3 is 1. The van der Waals surface area contributed by atoms with Crippen molar-refractivity contribution in [1.82, 2.24) is 4.72 Å². The molecule has 1 fully saturated rings. The van der Waals surface area contributed by atoms with E-state index < -0.39 is 10.0 Å². The van der Waals surface area contributed by atoms with Crippen LogP contribution in [-0.4, -0.2) is 40.8 Å². The van der Waals surface area contributed by atoms with Crippen molar-refractivity contribution in [3.8, 4) is 5.75 Å².